The largest absolute Gasteiger partial charge is 0.507 e. The summed E-state index contributed by atoms with van der Waals surface area (Å²) in [4.78, 5) is 27.7. The first-order valence-corrected chi connectivity index (χ1v) is 11.8. The van der Waals surface area contributed by atoms with E-state index < -0.39 is 23.5 Å². The molecule has 180 valence electrons. The Morgan fingerprint density at radius 2 is 1.71 bits per heavy atom. The highest BCUT2D eigenvalue weighted by atomic mass is 35.5. The number of carbonyl (C=O) groups excluding carboxylic acids is 2. The molecule has 0 aliphatic carbocycles. The third-order valence-corrected chi connectivity index (χ3v) is 6.44. The lowest BCUT2D eigenvalue weighted by atomic mass is 9.94. The van der Waals surface area contributed by atoms with Crippen LogP contribution in [0.25, 0.3) is 5.76 Å². The Balaban J connectivity index is 1.93. The number of anilines is 1. The molecule has 1 aliphatic rings. The molecular formula is C27H22Cl2FNO4. The summed E-state index contributed by atoms with van der Waals surface area (Å²) >= 11 is 12.2. The Morgan fingerprint density at radius 3 is 2.34 bits per heavy atom. The van der Waals surface area contributed by atoms with Crippen LogP contribution in [-0.2, 0) is 16.0 Å². The number of Topliss-reactive ketones (excluding diaryl/α,β-unsaturated/α-hetero) is 1. The number of aliphatic hydroxyl groups is 1. The smallest absolute Gasteiger partial charge is 0.300 e. The Hall–Kier alpha value is -3.35. The molecule has 3 aromatic carbocycles. The van der Waals surface area contributed by atoms with Gasteiger partial charge in [-0.15, -0.1) is 0 Å². The van der Waals surface area contributed by atoms with Crippen molar-refractivity contribution in [2.75, 3.05) is 11.5 Å². The van der Waals surface area contributed by atoms with Crippen LogP contribution in [0.5, 0.6) is 5.75 Å². The molecule has 4 rings (SSSR count). The van der Waals surface area contributed by atoms with Crippen LogP contribution in [0.3, 0.4) is 0 Å². The molecule has 0 radical (unpaired) electrons. The molecule has 1 aliphatic heterocycles. The van der Waals surface area contributed by atoms with E-state index >= 15 is 0 Å². The normalized spacial score (nSPS) is 17.2. The van der Waals surface area contributed by atoms with Crippen molar-refractivity contribution >= 4 is 46.3 Å². The molecule has 1 fully saturated rings. The molecule has 35 heavy (non-hydrogen) atoms. The second-order valence-electron chi connectivity index (χ2n) is 7.94. The maximum absolute atomic E-state index is 13.8. The van der Waals surface area contributed by atoms with Crippen LogP contribution < -0.4 is 9.64 Å². The van der Waals surface area contributed by atoms with Gasteiger partial charge in [-0.1, -0.05) is 54.4 Å². The van der Waals surface area contributed by atoms with Gasteiger partial charge in [0, 0.05) is 11.3 Å². The minimum absolute atomic E-state index is 0.107. The fraction of sp³-hybridized carbons (Fsp3) is 0.185. The van der Waals surface area contributed by atoms with E-state index in [9.17, 15) is 19.1 Å². The minimum atomic E-state index is -0.964. The van der Waals surface area contributed by atoms with Gasteiger partial charge in [-0.2, -0.15) is 0 Å². The predicted molar refractivity (Wildman–Crippen MR) is 135 cm³/mol. The number of hydrogen-bond donors (Lipinski definition) is 1. The number of ketones is 1. The van der Waals surface area contributed by atoms with E-state index in [-0.39, 0.29) is 27.6 Å². The van der Waals surface area contributed by atoms with E-state index in [2.05, 4.69) is 0 Å². The number of benzene rings is 3. The molecule has 1 saturated heterocycles. The summed E-state index contributed by atoms with van der Waals surface area (Å²) in [5.41, 5.74) is 2.05. The molecule has 1 heterocycles. The quantitative estimate of drug-likeness (QED) is 0.225. The van der Waals surface area contributed by atoms with E-state index in [1.165, 1.54) is 23.1 Å². The number of amides is 1. The van der Waals surface area contributed by atoms with Crippen LogP contribution in [0.15, 0.2) is 66.2 Å². The molecule has 5 nitrogen and oxygen atoms in total. The van der Waals surface area contributed by atoms with Crippen LogP contribution in [0.1, 0.15) is 36.6 Å². The van der Waals surface area contributed by atoms with Gasteiger partial charge in [-0.25, -0.2) is 4.39 Å². The Kier molecular flexibility index (Phi) is 7.15. The van der Waals surface area contributed by atoms with E-state index in [1.54, 1.807) is 31.2 Å². The summed E-state index contributed by atoms with van der Waals surface area (Å²) in [5.74, 6) is -2.43. The Morgan fingerprint density at radius 1 is 1.00 bits per heavy atom. The lowest BCUT2D eigenvalue weighted by molar-refractivity contribution is -0.132. The van der Waals surface area contributed by atoms with Crippen LogP contribution in [0.4, 0.5) is 10.1 Å². The van der Waals surface area contributed by atoms with Crippen molar-refractivity contribution in [2.24, 2.45) is 0 Å². The molecule has 1 N–H and O–H groups in total. The Bertz CT molecular complexity index is 1340. The van der Waals surface area contributed by atoms with Gasteiger partial charge in [0.15, 0.2) is 0 Å². The van der Waals surface area contributed by atoms with Gasteiger partial charge < -0.3 is 9.84 Å². The first-order valence-electron chi connectivity index (χ1n) is 11.0. The molecule has 0 bridgehead atoms. The highest BCUT2D eigenvalue weighted by Gasteiger charge is 2.47. The Labute approximate surface area is 212 Å². The predicted octanol–water partition coefficient (Wildman–Crippen LogP) is 6.72. The number of rotatable bonds is 6. The average molecular weight is 514 g/mol. The van der Waals surface area contributed by atoms with Crippen molar-refractivity contribution in [1.82, 2.24) is 0 Å². The van der Waals surface area contributed by atoms with Crippen molar-refractivity contribution in [2.45, 2.75) is 26.3 Å². The van der Waals surface area contributed by atoms with Gasteiger partial charge in [0.25, 0.3) is 11.7 Å². The molecular weight excluding hydrogens is 492 g/mol. The van der Waals surface area contributed by atoms with Crippen molar-refractivity contribution in [3.8, 4) is 5.75 Å². The fourth-order valence-electron chi connectivity index (χ4n) is 4.06. The number of carbonyl (C=O) groups is 2. The third-order valence-electron chi connectivity index (χ3n) is 5.83. The fourth-order valence-corrected chi connectivity index (χ4v) is 4.40. The second kappa shape index (κ2) is 10.1. The zero-order valence-corrected chi connectivity index (χ0v) is 20.5. The molecule has 0 spiro atoms. The first-order chi connectivity index (χ1) is 16.8. The van der Waals surface area contributed by atoms with Crippen LogP contribution in [-0.4, -0.2) is 23.4 Å². The summed E-state index contributed by atoms with van der Waals surface area (Å²) in [6.45, 7) is 4.16. The third kappa shape index (κ3) is 4.64. The number of aliphatic hydroxyl groups excluding tert-OH is 1. The molecule has 1 amide bonds. The van der Waals surface area contributed by atoms with Crippen LogP contribution in [0, 0.1) is 5.82 Å². The molecule has 0 saturated carbocycles. The maximum Gasteiger partial charge on any atom is 0.300 e. The second-order valence-corrected chi connectivity index (χ2v) is 8.76. The van der Waals surface area contributed by atoms with Crippen LogP contribution >= 0.6 is 23.2 Å². The SMILES string of the molecule is CCOc1cc(/C(O)=C2\C(=O)C(=O)N(c3ccc(F)c(Cl)c3)C2c2ccc(CC)cc2)ccc1Cl. The summed E-state index contributed by atoms with van der Waals surface area (Å²) in [7, 11) is 0. The van der Waals surface area contributed by atoms with E-state index in [0.29, 0.717) is 22.9 Å². The number of nitrogens with zero attached hydrogens (tertiary/aromatic N) is 1. The van der Waals surface area contributed by atoms with E-state index in [0.717, 1.165) is 18.1 Å². The number of hydrogen-bond acceptors (Lipinski definition) is 4. The minimum Gasteiger partial charge on any atom is -0.507 e. The van der Waals surface area contributed by atoms with Gasteiger partial charge >= 0.3 is 0 Å². The van der Waals surface area contributed by atoms with Crippen molar-refractivity contribution in [1.29, 1.82) is 0 Å². The molecule has 1 atom stereocenters. The van der Waals surface area contributed by atoms with Gasteiger partial charge in [0.1, 0.15) is 17.3 Å². The summed E-state index contributed by atoms with van der Waals surface area (Å²) in [6, 6.07) is 14.8. The lowest BCUT2D eigenvalue weighted by Gasteiger charge is -2.26. The van der Waals surface area contributed by atoms with Crippen LogP contribution in [0.2, 0.25) is 10.0 Å². The number of aryl methyl sites for hydroxylation is 1. The molecule has 1 unspecified atom stereocenters. The highest BCUT2D eigenvalue weighted by molar-refractivity contribution is 6.51. The lowest BCUT2D eigenvalue weighted by Crippen LogP contribution is -2.29. The van der Waals surface area contributed by atoms with Crippen molar-refractivity contribution in [3.05, 3.63) is 98.8 Å². The van der Waals surface area contributed by atoms with Crippen molar-refractivity contribution in [3.63, 3.8) is 0 Å². The molecule has 0 aromatic heterocycles. The summed E-state index contributed by atoms with van der Waals surface area (Å²) < 4.78 is 19.4. The number of ether oxygens (including phenoxy) is 1. The molecule has 8 heteroatoms. The van der Waals surface area contributed by atoms with Gasteiger partial charge in [-0.05, 0) is 60.9 Å². The number of halogens is 3. The maximum atomic E-state index is 13.8. The zero-order chi connectivity index (χ0) is 25.3. The van der Waals surface area contributed by atoms with Gasteiger partial charge in [-0.3, -0.25) is 14.5 Å². The van der Waals surface area contributed by atoms with Crippen molar-refractivity contribution < 1.29 is 23.8 Å². The highest BCUT2D eigenvalue weighted by Crippen LogP contribution is 2.43. The standard InChI is InChI=1S/C27H22Cl2FNO4/c1-3-15-5-7-16(8-6-15)24-23(25(32)17-9-11-19(28)22(13-17)35-4-2)26(33)27(34)31(24)18-10-12-21(30)20(29)14-18/h5-14,24,32H,3-4H2,1-2H3/b25-23+. The summed E-state index contributed by atoms with van der Waals surface area (Å²) in [6.07, 6.45) is 0.805. The van der Waals surface area contributed by atoms with E-state index in [4.69, 9.17) is 27.9 Å². The van der Waals surface area contributed by atoms with Gasteiger partial charge in [0.05, 0.1) is 28.3 Å². The zero-order valence-electron chi connectivity index (χ0n) is 19.0. The summed E-state index contributed by atoms with van der Waals surface area (Å²) in [5, 5.41) is 11.4. The molecule has 3 aromatic rings. The average Bonchev–Trinajstić information content (AvgIpc) is 3.12. The van der Waals surface area contributed by atoms with E-state index in [1.807, 2.05) is 19.1 Å². The van der Waals surface area contributed by atoms with Gasteiger partial charge in [0.2, 0.25) is 0 Å². The topological polar surface area (TPSA) is 66.8 Å². The first kappa shape index (κ1) is 24.8. The monoisotopic (exact) mass is 513 g/mol.